The standard InChI is InChI=1S/C41H66O13/c1-36(2)13-14-41(19-44)22(15-36)21-7-8-26-37(3)11-10-28(54-35-33(50)31(48)29(46)23(17-42)53-35)38(4,20-51-34-32(49)30(47)24(18-43)52-34)25(37)9-12-39(26,5)40(21,6)16-27(41)45/h7,19,22-35,42-43,45-50H,8-18,20H2,1-6H3/t22-,23+,24+,25+,26+,27+,28-,29+,30+,31-,32+,33+,34-,35-,37-,38-,39+,40+,41+/m0/s1. The highest BCUT2D eigenvalue weighted by Gasteiger charge is 2.71. The summed E-state index contributed by atoms with van der Waals surface area (Å²) in [5.41, 5.74) is -1.00. The molecular formula is C41H66O13. The van der Waals surface area contributed by atoms with Crippen molar-refractivity contribution in [2.75, 3.05) is 19.8 Å². The van der Waals surface area contributed by atoms with E-state index in [4.69, 9.17) is 18.9 Å². The minimum Gasteiger partial charge on any atom is -0.394 e. The molecule has 308 valence electrons. The summed E-state index contributed by atoms with van der Waals surface area (Å²) in [5.74, 6) is 0.137. The van der Waals surface area contributed by atoms with Crippen molar-refractivity contribution < 1.29 is 64.6 Å². The number of aldehydes is 1. The molecule has 0 bridgehead atoms. The van der Waals surface area contributed by atoms with Crippen LogP contribution in [0.3, 0.4) is 0 Å². The molecule has 0 amide bonds. The van der Waals surface area contributed by atoms with Gasteiger partial charge in [-0.05, 0) is 97.2 Å². The van der Waals surface area contributed by atoms with Crippen LogP contribution in [0.15, 0.2) is 11.6 Å². The average molecular weight is 767 g/mol. The van der Waals surface area contributed by atoms with E-state index in [0.717, 1.165) is 44.8 Å². The molecule has 54 heavy (non-hydrogen) atoms. The number of aliphatic hydroxyl groups excluding tert-OH is 8. The average Bonchev–Trinajstić information content (AvgIpc) is 3.40. The van der Waals surface area contributed by atoms with Crippen molar-refractivity contribution >= 4 is 6.29 Å². The molecule has 0 unspecified atom stereocenters. The second kappa shape index (κ2) is 14.0. The van der Waals surface area contributed by atoms with Crippen LogP contribution in [0.2, 0.25) is 0 Å². The van der Waals surface area contributed by atoms with E-state index in [1.54, 1.807) is 0 Å². The molecule has 19 atom stereocenters. The first-order chi connectivity index (χ1) is 25.3. The van der Waals surface area contributed by atoms with E-state index in [9.17, 15) is 45.6 Å². The van der Waals surface area contributed by atoms with Crippen LogP contribution < -0.4 is 0 Å². The molecule has 0 radical (unpaired) electrons. The van der Waals surface area contributed by atoms with Crippen LogP contribution in [0.4, 0.5) is 0 Å². The third kappa shape index (κ3) is 5.88. The van der Waals surface area contributed by atoms with Crippen molar-refractivity contribution in [3.63, 3.8) is 0 Å². The Labute approximate surface area is 319 Å². The Bertz CT molecular complexity index is 1440. The van der Waals surface area contributed by atoms with Crippen LogP contribution in [-0.4, -0.2) is 134 Å². The molecule has 13 heteroatoms. The smallest absolute Gasteiger partial charge is 0.186 e. The molecule has 2 saturated heterocycles. The van der Waals surface area contributed by atoms with Gasteiger partial charge < -0.3 is 64.6 Å². The second-order valence-electron chi connectivity index (χ2n) is 20.0. The van der Waals surface area contributed by atoms with Gasteiger partial charge in [0.1, 0.15) is 49.0 Å². The molecule has 5 aliphatic carbocycles. The number of allylic oxidation sites excluding steroid dienone is 2. The highest BCUT2D eigenvalue weighted by Crippen LogP contribution is 2.75. The van der Waals surface area contributed by atoms with Crippen LogP contribution in [0.5, 0.6) is 0 Å². The number of carbonyl (C=O) groups is 1. The molecule has 13 nitrogen and oxygen atoms in total. The summed E-state index contributed by atoms with van der Waals surface area (Å²) < 4.78 is 24.5. The van der Waals surface area contributed by atoms with E-state index in [1.165, 1.54) is 5.57 Å². The molecule has 0 aromatic rings. The van der Waals surface area contributed by atoms with Crippen molar-refractivity contribution in [3.8, 4) is 0 Å². The highest BCUT2D eigenvalue weighted by molar-refractivity contribution is 5.64. The Kier molecular flexibility index (Phi) is 10.7. The molecule has 2 heterocycles. The molecule has 7 aliphatic rings. The summed E-state index contributed by atoms with van der Waals surface area (Å²) in [5, 5.41) is 85.0. The summed E-state index contributed by atoms with van der Waals surface area (Å²) >= 11 is 0. The van der Waals surface area contributed by atoms with Gasteiger partial charge in [0, 0.05) is 5.41 Å². The van der Waals surface area contributed by atoms with Gasteiger partial charge in [0.15, 0.2) is 12.6 Å². The Morgan fingerprint density at radius 1 is 0.759 bits per heavy atom. The fourth-order valence-corrected chi connectivity index (χ4v) is 13.4. The molecule has 4 saturated carbocycles. The number of ether oxygens (including phenoxy) is 4. The SMILES string of the molecule is CC1(C)CC[C@]2(C=O)[C@H](O)C[C@]3(C)C(=CC[C@@H]4[C@@]5(C)CC[C@H](O[C@@H]6O[C@H](CO)[C@@H](O)[C@H](O)[C@H]6O)[C@@](C)(CO[C@H]6O[C@H](CO)[C@@H](O)[C@H]6O)[C@@H]5CC[C@]43C)[C@@H]2C1. The van der Waals surface area contributed by atoms with Gasteiger partial charge in [-0.3, -0.25) is 0 Å². The van der Waals surface area contributed by atoms with E-state index in [2.05, 4.69) is 47.6 Å². The fourth-order valence-electron chi connectivity index (χ4n) is 13.4. The number of hydrogen-bond acceptors (Lipinski definition) is 13. The van der Waals surface area contributed by atoms with E-state index in [-0.39, 0.29) is 46.0 Å². The predicted octanol–water partition coefficient (Wildman–Crippen LogP) is 1.58. The second-order valence-corrected chi connectivity index (χ2v) is 20.0. The number of rotatable bonds is 8. The first kappa shape index (κ1) is 41.1. The Balaban J connectivity index is 1.23. The van der Waals surface area contributed by atoms with E-state index in [1.807, 2.05) is 0 Å². The summed E-state index contributed by atoms with van der Waals surface area (Å²) in [6.07, 6.45) is -3.32. The fraction of sp³-hybridized carbons (Fsp3) is 0.927. The lowest BCUT2D eigenvalue weighted by Gasteiger charge is -2.72. The van der Waals surface area contributed by atoms with Crippen molar-refractivity contribution in [1.82, 2.24) is 0 Å². The summed E-state index contributed by atoms with van der Waals surface area (Å²) in [6, 6.07) is 0. The first-order valence-electron chi connectivity index (χ1n) is 20.3. The number of carbonyl (C=O) groups excluding carboxylic acids is 1. The van der Waals surface area contributed by atoms with E-state index < -0.39 is 91.6 Å². The Morgan fingerprint density at radius 2 is 1.39 bits per heavy atom. The summed E-state index contributed by atoms with van der Waals surface area (Å²) in [6.45, 7) is 12.6. The van der Waals surface area contributed by atoms with Gasteiger partial charge in [-0.2, -0.15) is 0 Å². The van der Waals surface area contributed by atoms with Gasteiger partial charge in [-0.15, -0.1) is 0 Å². The zero-order valence-electron chi connectivity index (χ0n) is 32.8. The van der Waals surface area contributed by atoms with Crippen LogP contribution in [0, 0.1) is 50.2 Å². The topological polar surface area (TPSA) is 216 Å². The summed E-state index contributed by atoms with van der Waals surface area (Å²) in [4.78, 5) is 13.0. The molecule has 0 aromatic heterocycles. The van der Waals surface area contributed by atoms with Gasteiger partial charge in [0.25, 0.3) is 0 Å². The minimum absolute atomic E-state index is 0.0203. The van der Waals surface area contributed by atoms with Crippen LogP contribution in [0.25, 0.3) is 0 Å². The van der Waals surface area contributed by atoms with Crippen molar-refractivity contribution in [3.05, 3.63) is 11.6 Å². The molecule has 2 aliphatic heterocycles. The summed E-state index contributed by atoms with van der Waals surface area (Å²) in [7, 11) is 0. The third-order valence-corrected chi connectivity index (χ3v) is 16.9. The number of hydrogen-bond donors (Lipinski definition) is 8. The Morgan fingerprint density at radius 3 is 2.04 bits per heavy atom. The molecule has 7 rings (SSSR count). The largest absolute Gasteiger partial charge is 0.394 e. The predicted molar refractivity (Wildman–Crippen MR) is 193 cm³/mol. The Hall–Kier alpha value is -1.07. The van der Waals surface area contributed by atoms with Crippen LogP contribution >= 0.6 is 0 Å². The van der Waals surface area contributed by atoms with Gasteiger partial charge in [-0.1, -0.05) is 53.2 Å². The molecule has 0 aromatic carbocycles. The molecule has 0 spiro atoms. The minimum atomic E-state index is -1.60. The lowest BCUT2D eigenvalue weighted by atomic mass is 9.33. The zero-order valence-corrected chi connectivity index (χ0v) is 32.8. The van der Waals surface area contributed by atoms with Gasteiger partial charge in [-0.25, -0.2) is 0 Å². The zero-order chi connectivity index (χ0) is 39.4. The van der Waals surface area contributed by atoms with E-state index in [0.29, 0.717) is 19.3 Å². The van der Waals surface area contributed by atoms with Crippen molar-refractivity contribution in [2.24, 2.45) is 50.2 Å². The quantitative estimate of drug-likeness (QED) is 0.100. The number of fused-ring (bicyclic) bond motifs is 7. The van der Waals surface area contributed by atoms with Gasteiger partial charge in [0.05, 0.1) is 37.4 Å². The molecule has 6 fully saturated rings. The molecule has 8 N–H and O–H groups in total. The maximum Gasteiger partial charge on any atom is 0.186 e. The monoisotopic (exact) mass is 766 g/mol. The van der Waals surface area contributed by atoms with Gasteiger partial charge >= 0.3 is 0 Å². The lowest BCUT2D eigenvalue weighted by Crippen LogP contribution is -2.68. The maximum atomic E-state index is 13.0. The van der Waals surface area contributed by atoms with Gasteiger partial charge in [0.2, 0.25) is 0 Å². The maximum absolute atomic E-state index is 13.0. The third-order valence-electron chi connectivity index (χ3n) is 16.9. The highest BCUT2D eigenvalue weighted by atomic mass is 16.7. The van der Waals surface area contributed by atoms with Crippen LogP contribution in [-0.2, 0) is 23.7 Å². The van der Waals surface area contributed by atoms with Crippen molar-refractivity contribution in [1.29, 1.82) is 0 Å². The van der Waals surface area contributed by atoms with Crippen molar-refractivity contribution in [2.45, 2.75) is 167 Å². The molecular weight excluding hydrogens is 700 g/mol. The first-order valence-corrected chi connectivity index (χ1v) is 20.3. The number of aliphatic hydroxyl groups is 8. The lowest BCUT2D eigenvalue weighted by molar-refractivity contribution is -0.336. The van der Waals surface area contributed by atoms with Crippen LogP contribution in [0.1, 0.15) is 99.3 Å². The van der Waals surface area contributed by atoms with E-state index >= 15 is 0 Å². The normalized spacial score (nSPS) is 55.5.